The Bertz CT molecular complexity index is 89.3. The van der Waals surface area contributed by atoms with Gasteiger partial charge in [0.25, 0.3) is 0 Å². The Morgan fingerprint density at radius 1 is 1.38 bits per heavy atom. The third-order valence-electron chi connectivity index (χ3n) is 0.461. The van der Waals surface area contributed by atoms with Crippen LogP contribution in [-0.2, 0) is 20.9 Å². The molecule has 4 N–H and O–H groups in total. The van der Waals surface area contributed by atoms with Crippen molar-refractivity contribution in [2.75, 3.05) is 14.2 Å². The van der Waals surface area contributed by atoms with E-state index in [1.807, 2.05) is 0 Å². The van der Waals surface area contributed by atoms with Gasteiger partial charge >= 0.3 is 6.72 Å². The second-order valence-electron chi connectivity index (χ2n) is 0.834. The van der Waals surface area contributed by atoms with Crippen LogP contribution in [-0.4, -0.2) is 19.1 Å². The summed E-state index contributed by atoms with van der Waals surface area (Å²) in [7, 11) is 2.62. The highest BCUT2D eigenvalue weighted by atomic mass is 32.5. The molecule has 0 radical (unpaired) electrons. The molecule has 0 fully saturated rings. The van der Waals surface area contributed by atoms with Gasteiger partial charge in [0.15, 0.2) is 0 Å². The predicted octanol–water partition coefficient (Wildman–Crippen LogP) is 0.658. The number of hydrogen-bond acceptors (Lipinski definition) is 4. The zero-order valence-corrected chi connectivity index (χ0v) is 6.54. The van der Waals surface area contributed by atoms with Crippen molar-refractivity contribution < 1.29 is 13.9 Å². The van der Waals surface area contributed by atoms with Crippen LogP contribution >= 0.6 is 6.72 Å². The first-order chi connectivity index (χ1) is 3.12. The highest BCUT2D eigenvalue weighted by molar-refractivity contribution is 8.07. The van der Waals surface area contributed by atoms with Crippen molar-refractivity contribution in [1.82, 2.24) is 6.15 Å². The molecule has 0 aliphatic rings. The Labute approximate surface area is 53.6 Å². The summed E-state index contributed by atoms with van der Waals surface area (Å²) in [6.45, 7) is -2.82. The van der Waals surface area contributed by atoms with Gasteiger partial charge in [-0.05, 0) is 11.8 Å². The van der Waals surface area contributed by atoms with Crippen LogP contribution < -0.4 is 6.15 Å². The van der Waals surface area contributed by atoms with Crippen LogP contribution in [0, 0.1) is 0 Å². The van der Waals surface area contributed by atoms with Crippen molar-refractivity contribution >= 4 is 18.5 Å². The van der Waals surface area contributed by atoms with Crippen LogP contribution in [0.25, 0.3) is 0 Å². The molecule has 0 aromatic heterocycles. The van der Waals surface area contributed by atoms with E-state index in [2.05, 4.69) is 20.9 Å². The molecule has 0 aromatic carbocycles. The Hall–Kier alpha value is 0.490. The molecule has 0 aliphatic heterocycles. The maximum atomic E-state index is 8.61. The van der Waals surface area contributed by atoms with Gasteiger partial charge in [-0.15, -0.1) is 0 Å². The van der Waals surface area contributed by atoms with E-state index in [4.69, 9.17) is 4.89 Å². The Balaban J connectivity index is 0. The molecule has 6 heteroatoms. The second-order valence-corrected chi connectivity index (χ2v) is 3.89. The molecule has 0 heterocycles. The molecular formula is C2H10NO3PS. The molecule has 0 aromatic rings. The summed E-state index contributed by atoms with van der Waals surface area (Å²) < 4.78 is 8.69. The maximum Gasteiger partial charge on any atom is 0.323 e. The highest BCUT2D eigenvalue weighted by Crippen LogP contribution is 2.40. The van der Waals surface area contributed by atoms with Crippen molar-refractivity contribution in [2.45, 2.75) is 0 Å². The van der Waals surface area contributed by atoms with Crippen LogP contribution in [0.1, 0.15) is 0 Å². The summed E-state index contributed by atoms with van der Waals surface area (Å²) in [5, 5.41) is 0. The van der Waals surface area contributed by atoms with Crippen molar-refractivity contribution in [1.29, 1.82) is 0 Å². The molecule has 0 bridgehead atoms. The first-order valence-electron chi connectivity index (χ1n) is 1.56. The number of rotatable bonds is 2. The fourth-order valence-electron chi connectivity index (χ4n) is 0.0745. The van der Waals surface area contributed by atoms with E-state index in [1.165, 1.54) is 14.2 Å². The van der Waals surface area contributed by atoms with Crippen molar-refractivity contribution in [3.05, 3.63) is 0 Å². The molecule has 0 unspecified atom stereocenters. The molecule has 0 spiro atoms. The lowest BCUT2D eigenvalue weighted by molar-refractivity contribution is 0.267. The Morgan fingerprint density at radius 2 is 1.62 bits per heavy atom. The summed E-state index contributed by atoms with van der Waals surface area (Å²) in [6, 6.07) is 0. The summed E-state index contributed by atoms with van der Waals surface area (Å²) in [6.07, 6.45) is 0. The van der Waals surface area contributed by atoms with Gasteiger partial charge in [0.1, 0.15) is 0 Å². The van der Waals surface area contributed by atoms with E-state index in [-0.39, 0.29) is 6.15 Å². The van der Waals surface area contributed by atoms with Crippen molar-refractivity contribution in [3.8, 4) is 0 Å². The molecule has 0 rings (SSSR count). The first-order valence-corrected chi connectivity index (χ1v) is 4.16. The van der Waals surface area contributed by atoms with Crippen LogP contribution in [0.5, 0.6) is 0 Å². The SMILES string of the molecule is COP(O)(=S)OC.N. The third-order valence-corrected chi connectivity index (χ3v) is 2.28. The Morgan fingerprint density at radius 3 is 1.62 bits per heavy atom. The van der Waals surface area contributed by atoms with E-state index >= 15 is 0 Å². The molecule has 4 nitrogen and oxygen atoms in total. The van der Waals surface area contributed by atoms with Gasteiger partial charge in [0.2, 0.25) is 0 Å². The maximum absolute atomic E-state index is 8.61. The average molecular weight is 159 g/mol. The zero-order valence-electron chi connectivity index (χ0n) is 4.83. The normalized spacial score (nSPS) is 10.4. The summed E-state index contributed by atoms with van der Waals surface area (Å²) in [4.78, 5) is 8.61. The lowest BCUT2D eigenvalue weighted by Crippen LogP contribution is -1.82. The zero-order chi connectivity index (χ0) is 5.91. The minimum Gasteiger partial charge on any atom is -0.344 e. The molecule has 0 atom stereocenters. The molecule has 0 amide bonds. The smallest absolute Gasteiger partial charge is 0.323 e. The molecule has 0 saturated heterocycles. The van der Waals surface area contributed by atoms with E-state index in [0.29, 0.717) is 0 Å². The van der Waals surface area contributed by atoms with Gasteiger partial charge < -0.3 is 20.1 Å². The summed E-state index contributed by atoms with van der Waals surface area (Å²) >= 11 is 4.37. The molecule has 52 valence electrons. The van der Waals surface area contributed by atoms with Crippen LogP contribution in [0.15, 0.2) is 0 Å². The highest BCUT2D eigenvalue weighted by Gasteiger charge is 2.06. The summed E-state index contributed by atoms with van der Waals surface area (Å²) in [5.41, 5.74) is 0. The van der Waals surface area contributed by atoms with Crippen LogP contribution in [0.2, 0.25) is 0 Å². The quantitative estimate of drug-likeness (QED) is 0.579. The van der Waals surface area contributed by atoms with Gasteiger partial charge in [0.05, 0.1) is 0 Å². The number of hydrogen-bond donors (Lipinski definition) is 2. The van der Waals surface area contributed by atoms with E-state index in [9.17, 15) is 0 Å². The lowest BCUT2D eigenvalue weighted by atomic mass is 11.8. The van der Waals surface area contributed by atoms with Gasteiger partial charge in [-0.25, -0.2) is 0 Å². The van der Waals surface area contributed by atoms with E-state index in [0.717, 1.165) is 0 Å². The second kappa shape index (κ2) is 4.38. The molecule has 0 saturated carbocycles. The predicted molar refractivity (Wildman–Crippen MR) is 35.5 cm³/mol. The van der Waals surface area contributed by atoms with Crippen molar-refractivity contribution in [3.63, 3.8) is 0 Å². The fourth-order valence-corrected chi connectivity index (χ4v) is 0.224. The largest absolute Gasteiger partial charge is 0.344 e. The minimum absolute atomic E-state index is 0. The molecule has 0 aliphatic carbocycles. The van der Waals surface area contributed by atoms with Crippen molar-refractivity contribution in [2.24, 2.45) is 0 Å². The average Bonchev–Trinajstić information content (AvgIpc) is 1.68. The molecule has 8 heavy (non-hydrogen) atoms. The summed E-state index contributed by atoms with van der Waals surface area (Å²) in [5.74, 6) is 0. The fraction of sp³-hybridized carbons (Fsp3) is 1.00. The van der Waals surface area contributed by atoms with Gasteiger partial charge in [0, 0.05) is 14.2 Å². The van der Waals surface area contributed by atoms with Crippen LogP contribution in [0.3, 0.4) is 0 Å². The minimum atomic E-state index is -2.82. The van der Waals surface area contributed by atoms with E-state index in [1.54, 1.807) is 0 Å². The van der Waals surface area contributed by atoms with Gasteiger partial charge in [-0.2, -0.15) is 0 Å². The third kappa shape index (κ3) is 4.64. The van der Waals surface area contributed by atoms with Gasteiger partial charge in [-0.1, -0.05) is 0 Å². The molecular weight excluding hydrogens is 149 g/mol. The standard InChI is InChI=1S/C2H7O3PS.H3N/c1-4-6(3,7)5-2;/h1-2H3,(H,3,7);1H3. The topological polar surface area (TPSA) is 73.7 Å². The van der Waals surface area contributed by atoms with E-state index < -0.39 is 6.72 Å². The Kier molecular flexibility index (Phi) is 6.19. The van der Waals surface area contributed by atoms with Crippen LogP contribution in [0.4, 0.5) is 0 Å². The monoisotopic (exact) mass is 159 g/mol. The lowest BCUT2D eigenvalue weighted by Gasteiger charge is -2.06. The first kappa shape index (κ1) is 11.3. The van der Waals surface area contributed by atoms with Gasteiger partial charge in [-0.3, -0.25) is 0 Å².